The van der Waals surface area contributed by atoms with Crippen LogP contribution in [0.5, 0.6) is 5.88 Å². The van der Waals surface area contributed by atoms with E-state index in [0.29, 0.717) is 28.6 Å². The number of nitrogens with zero attached hydrogens (tertiary/aromatic N) is 3. The van der Waals surface area contributed by atoms with E-state index in [-0.39, 0.29) is 5.78 Å². The fourth-order valence-corrected chi connectivity index (χ4v) is 2.92. The maximum Gasteiger partial charge on any atom is 0.233 e. The molecule has 0 amide bonds. The lowest BCUT2D eigenvalue weighted by atomic mass is 10.1. The Morgan fingerprint density at radius 3 is 2.48 bits per heavy atom. The molecule has 5 nitrogen and oxygen atoms in total. The number of hydrogen-bond acceptors (Lipinski definition) is 4. The number of aromatic nitrogens is 3. The van der Waals surface area contributed by atoms with Crippen molar-refractivity contribution in [1.82, 2.24) is 14.8 Å². The summed E-state index contributed by atoms with van der Waals surface area (Å²) in [6.45, 7) is 1.94. The molecular formula is C19H18ClN3O2. The van der Waals surface area contributed by atoms with Crippen LogP contribution in [0.2, 0.25) is 5.02 Å². The van der Waals surface area contributed by atoms with Gasteiger partial charge in [0.1, 0.15) is 0 Å². The Labute approximate surface area is 151 Å². The molecule has 0 saturated heterocycles. The Morgan fingerprint density at radius 1 is 1.16 bits per heavy atom. The number of rotatable bonds is 5. The molecule has 3 rings (SSSR count). The first-order chi connectivity index (χ1) is 12.0. The molecule has 0 saturated carbocycles. The highest BCUT2D eigenvalue weighted by Gasteiger charge is 2.19. The highest BCUT2D eigenvalue weighted by atomic mass is 35.5. The molecule has 0 spiro atoms. The van der Waals surface area contributed by atoms with Gasteiger partial charge in [0.05, 0.1) is 18.5 Å². The lowest BCUT2D eigenvalue weighted by Crippen LogP contribution is -2.11. The maximum absolute atomic E-state index is 12.8. The van der Waals surface area contributed by atoms with E-state index in [0.717, 1.165) is 17.0 Å². The minimum atomic E-state index is -0.0243. The summed E-state index contributed by atoms with van der Waals surface area (Å²) in [6.07, 6.45) is 0.586. The Morgan fingerprint density at radius 2 is 1.88 bits per heavy atom. The van der Waals surface area contributed by atoms with Gasteiger partial charge in [0.25, 0.3) is 0 Å². The Bertz CT molecular complexity index is 900. The molecule has 25 heavy (non-hydrogen) atoms. The van der Waals surface area contributed by atoms with Crippen LogP contribution in [0.1, 0.15) is 33.0 Å². The van der Waals surface area contributed by atoms with E-state index in [1.165, 1.54) is 0 Å². The molecular weight excluding hydrogens is 338 g/mol. The van der Waals surface area contributed by atoms with Gasteiger partial charge in [-0.25, -0.2) is 0 Å². The van der Waals surface area contributed by atoms with Gasteiger partial charge in [0.2, 0.25) is 11.7 Å². The van der Waals surface area contributed by atoms with Crippen LogP contribution in [0.15, 0.2) is 42.5 Å². The summed E-state index contributed by atoms with van der Waals surface area (Å²) in [4.78, 5) is 12.8. The van der Waals surface area contributed by atoms with Gasteiger partial charge in [-0.15, -0.1) is 5.10 Å². The summed E-state index contributed by atoms with van der Waals surface area (Å²) in [6, 6.07) is 12.6. The zero-order valence-corrected chi connectivity index (χ0v) is 15.0. The molecule has 128 valence electrons. The molecule has 3 aromatic rings. The van der Waals surface area contributed by atoms with E-state index < -0.39 is 0 Å². The number of hydrogen-bond donors (Lipinski definition) is 0. The Kier molecular flexibility index (Phi) is 4.86. The van der Waals surface area contributed by atoms with Crippen molar-refractivity contribution in [2.24, 2.45) is 7.05 Å². The first-order valence-corrected chi connectivity index (χ1v) is 8.19. The molecule has 1 aromatic carbocycles. The van der Waals surface area contributed by atoms with E-state index in [1.54, 1.807) is 37.4 Å². The highest BCUT2D eigenvalue weighted by Crippen LogP contribution is 2.21. The number of ketones is 1. The summed E-state index contributed by atoms with van der Waals surface area (Å²) < 4.78 is 6.94. The second-order valence-corrected chi connectivity index (χ2v) is 6.24. The molecule has 2 aromatic heterocycles. The van der Waals surface area contributed by atoms with E-state index in [2.05, 4.69) is 10.2 Å². The molecule has 2 heterocycles. The van der Waals surface area contributed by atoms with Gasteiger partial charge < -0.3 is 9.30 Å². The normalized spacial score (nSPS) is 10.7. The summed E-state index contributed by atoms with van der Waals surface area (Å²) in [5, 5.41) is 8.74. The number of aryl methyl sites for hydroxylation is 1. The lowest BCUT2D eigenvalue weighted by Gasteiger charge is -2.08. The molecule has 0 radical (unpaired) electrons. The van der Waals surface area contributed by atoms with E-state index in [1.807, 2.05) is 30.7 Å². The SMILES string of the molecule is COc1ccc(Cc2cc(C)c(C(=O)c3ccc(Cl)cc3)n2C)nn1. The van der Waals surface area contributed by atoms with Gasteiger partial charge in [0.15, 0.2) is 0 Å². The maximum atomic E-state index is 12.8. The molecule has 0 aliphatic heterocycles. The number of ether oxygens (including phenoxy) is 1. The summed E-state index contributed by atoms with van der Waals surface area (Å²) >= 11 is 5.90. The quantitative estimate of drug-likeness (QED) is 0.656. The van der Waals surface area contributed by atoms with Crippen LogP contribution >= 0.6 is 11.6 Å². The van der Waals surface area contributed by atoms with Crippen molar-refractivity contribution < 1.29 is 9.53 Å². The number of methoxy groups -OCH3 is 1. The van der Waals surface area contributed by atoms with Crippen LogP contribution in [-0.4, -0.2) is 27.7 Å². The smallest absolute Gasteiger partial charge is 0.233 e. The van der Waals surface area contributed by atoms with Crippen molar-refractivity contribution in [3.05, 3.63) is 75.7 Å². The first kappa shape index (κ1) is 17.2. The standard InChI is InChI=1S/C19H18ClN3O2/c1-12-10-16(11-15-8-9-17(25-3)22-21-15)23(2)18(12)19(24)13-4-6-14(20)7-5-13/h4-10H,11H2,1-3H3. The van der Waals surface area contributed by atoms with Crippen LogP contribution in [-0.2, 0) is 13.5 Å². The third kappa shape index (κ3) is 3.56. The second-order valence-electron chi connectivity index (χ2n) is 5.81. The topological polar surface area (TPSA) is 57.0 Å². The summed E-state index contributed by atoms with van der Waals surface area (Å²) in [5.74, 6) is 0.453. The lowest BCUT2D eigenvalue weighted by molar-refractivity contribution is 0.103. The van der Waals surface area contributed by atoms with Crippen LogP contribution in [0.25, 0.3) is 0 Å². The van der Waals surface area contributed by atoms with Crippen molar-refractivity contribution in [2.75, 3.05) is 7.11 Å². The molecule has 0 atom stereocenters. The molecule has 0 bridgehead atoms. The average molecular weight is 356 g/mol. The van der Waals surface area contributed by atoms with Crippen LogP contribution in [0.3, 0.4) is 0 Å². The van der Waals surface area contributed by atoms with E-state index >= 15 is 0 Å². The zero-order chi connectivity index (χ0) is 18.0. The largest absolute Gasteiger partial charge is 0.480 e. The molecule has 0 unspecified atom stereocenters. The van der Waals surface area contributed by atoms with Gasteiger partial charge in [-0.2, -0.15) is 5.10 Å². The van der Waals surface area contributed by atoms with Crippen molar-refractivity contribution in [3.8, 4) is 5.88 Å². The molecule has 6 heteroatoms. The van der Waals surface area contributed by atoms with Crippen molar-refractivity contribution in [1.29, 1.82) is 0 Å². The van der Waals surface area contributed by atoms with Crippen molar-refractivity contribution >= 4 is 17.4 Å². The highest BCUT2D eigenvalue weighted by molar-refractivity contribution is 6.30. The minimum absolute atomic E-state index is 0.0243. The molecule has 0 aliphatic rings. The van der Waals surface area contributed by atoms with Crippen LogP contribution in [0, 0.1) is 6.92 Å². The summed E-state index contributed by atoms with van der Waals surface area (Å²) in [7, 11) is 3.45. The number of halogens is 1. The second kappa shape index (κ2) is 7.07. The predicted octanol–water partition coefficient (Wildman–Crippen LogP) is 3.61. The predicted molar refractivity (Wildman–Crippen MR) is 96.4 cm³/mol. The van der Waals surface area contributed by atoms with Gasteiger partial charge >= 0.3 is 0 Å². The summed E-state index contributed by atoms with van der Waals surface area (Å²) in [5.41, 5.74) is 4.02. The molecule has 0 N–H and O–H groups in total. The third-order valence-corrected chi connectivity index (χ3v) is 4.36. The van der Waals surface area contributed by atoms with E-state index in [4.69, 9.17) is 16.3 Å². The van der Waals surface area contributed by atoms with Gasteiger partial charge in [0, 0.05) is 35.8 Å². The Balaban J connectivity index is 1.89. The molecule has 0 aliphatic carbocycles. The monoisotopic (exact) mass is 355 g/mol. The third-order valence-electron chi connectivity index (χ3n) is 4.11. The number of carbonyl (C=O) groups excluding carboxylic acids is 1. The Hall–Kier alpha value is -2.66. The van der Waals surface area contributed by atoms with Gasteiger partial charge in [-0.3, -0.25) is 4.79 Å². The van der Waals surface area contributed by atoms with Gasteiger partial charge in [-0.05, 0) is 48.9 Å². The van der Waals surface area contributed by atoms with Crippen molar-refractivity contribution in [3.63, 3.8) is 0 Å². The zero-order valence-electron chi connectivity index (χ0n) is 14.3. The number of carbonyl (C=O) groups is 1. The fraction of sp³-hybridized carbons (Fsp3) is 0.211. The van der Waals surface area contributed by atoms with Crippen molar-refractivity contribution in [2.45, 2.75) is 13.3 Å². The first-order valence-electron chi connectivity index (χ1n) is 7.81. The van der Waals surface area contributed by atoms with Gasteiger partial charge in [-0.1, -0.05) is 11.6 Å². The molecule has 0 fully saturated rings. The number of benzene rings is 1. The van der Waals surface area contributed by atoms with E-state index in [9.17, 15) is 4.79 Å². The average Bonchev–Trinajstić information content (AvgIpc) is 2.89. The minimum Gasteiger partial charge on any atom is -0.480 e. The fourth-order valence-electron chi connectivity index (χ4n) is 2.80. The van der Waals surface area contributed by atoms with Crippen LogP contribution in [0.4, 0.5) is 0 Å². The van der Waals surface area contributed by atoms with Crippen LogP contribution < -0.4 is 4.74 Å².